The van der Waals surface area contributed by atoms with E-state index >= 15 is 0 Å². The predicted octanol–water partition coefficient (Wildman–Crippen LogP) is 3.41. The number of fused-ring (bicyclic) bond motifs is 1. The predicted molar refractivity (Wildman–Crippen MR) is 97.1 cm³/mol. The van der Waals surface area contributed by atoms with Crippen LogP contribution in [0.15, 0.2) is 59.4 Å². The molecule has 2 aromatic carbocycles. The first-order valence-electron chi connectivity index (χ1n) is 8.68. The third-order valence-electron chi connectivity index (χ3n) is 5.15. The molecule has 4 rings (SSSR count). The van der Waals surface area contributed by atoms with Crippen LogP contribution in [0.5, 0.6) is 0 Å². The molecule has 0 radical (unpaired) electrons. The molecule has 1 aliphatic rings. The van der Waals surface area contributed by atoms with Crippen LogP contribution in [0.25, 0.3) is 11.0 Å². The first-order chi connectivity index (χ1) is 11.7. The van der Waals surface area contributed by atoms with Gasteiger partial charge in [0.2, 0.25) is 0 Å². The normalized spacial score (nSPS) is 22.0. The standard InChI is InChI=1S/C20H23N3O/c1-15-13-22(14-16-7-3-2-4-8-16)12-11-18(15)23-19-10-6-5-9-17(19)21-20(23)24/h2-10,15,18H,11-14H2,1H3,(H,21,24)/t15-,18-/m1/s1. The van der Waals surface area contributed by atoms with Crippen LogP contribution in [0.3, 0.4) is 0 Å². The molecule has 1 saturated heterocycles. The number of benzene rings is 2. The van der Waals surface area contributed by atoms with E-state index in [1.807, 2.05) is 28.8 Å². The van der Waals surface area contributed by atoms with Crippen LogP contribution < -0.4 is 5.69 Å². The van der Waals surface area contributed by atoms with Crippen molar-refractivity contribution in [1.29, 1.82) is 0 Å². The van der Waals surface area contributed by atoms with E-state index in [1.54, 1.807) is 0 Å². The molecule has 0 unspecified atom stereocenters. The molecule has 24 heavy (non-hydrogen) atoms. The summed E-state index contributed by atoms with van der Waals surface area (Å²) in [6.45, 7) is 5.29. The Morgan fingerprint density at radius 3 is 2.62 bits per heavy atom. The van der Waals surface area contributed by atoms with Crippen molar-refractivity contribution in [1.82, 2.24) is 14.5 Å². The number of hydrogen-bond donors (Lipinski definition) is 1. The van der Waals surface area contributed by atoms with E-state index in [9.17, 15) is 4.79 Å². The minimum absolute atomic E-state index is 0.0181. The number of likely N-dealkylation sites (tertiary alicyclic amines) is 1. The molecule has 0 saturated carbocycles. The van der Waals surface area contributed by atoms with Gasteiger partial charge in [-0.1, -0.05) is 49.4 Å². The number of aromatic amines is 1. The molecule has 1 aliphatic heterocycles. The lowest BCUT2D eigenvalue weighted by Gasteiger charge is -2.37. The maximum absolute atomic E-state index is 12.4. The summed E-state index contributed by atoms with van der Waals surface area (Å²) in [5.41, 5.74) is 3.33. The number of rotatable bonds is 3. The van der Waals surface area contributed by atoms with E-state index in [-0.39, 0.29) is 11.7 Å². The van der Waals surface area contributed by atoms with Crippen molar-refractivity contribution in [2.24, 2.45) is 5.92 Å². The Labute approximate surface area is 141 Å². The minimum Gasteiger partial charge on any atom is -0.306 e. The van der Waals surface area contributed by atoms with E-state index in [4.69, 9.17) is 0 Å². The minimum atomic E-state index is 0.0181. The summed E-state index contributed by atoms with van der Waals surface area (Å²) >= 11 is 0. The average molecular weight is 321 g/mol. The maximum atomic E-state index is 12.4. The molecule has 0 aliphatic carbocycles. The average Bonchev–Trinajstić information content (AvgIpc) is 2.92. The molecule has 4 heteroatoms. The molecule has 0 spiro atoms. The van der Waals surface area contributed by atoms with Crippen molar-refractivity contribution in [3.05, 3.63) is 70.6 Å². The number of H-pyrrole nitrogens is 1. The Hall–Kier alpha value is -2.33. The fourth-order valence-corrected chi connectivity index (χ4v) is 3.99. The maximum Gasteiger partial charge on any atom is 0.326 e. The third-order valence-corrected chi connectivity index (χ3v) is 5.15. The quantitative estimate of drug-likeness (QED) is 0.803. The van der Waals surface area contributed by atoms with Gasteiger partial charge in [-0.3, -0.25) is 9.47 Å². The first-order valence-corrected chi connectivity index (χ1v) is 8.68. The molecule has 124 valence electrons. The summed E-state index contributed by atoms with van der Waals surface area (Å²) in [6, 6.07) is 18.9. The smallest absolute Gasteiger partial charge is 0.306 e. The zero-order valence-corrected chi connectivity index (χ0v) is 14.0. The highest BCUT2D eigenvalue weighted by Gasteiger charge is 2.29. The van der Waals surface area contributed by atoms with Crippen molar-refractivity contribution in [3.63, 3.8) is 0 Å². The Morgan fingerprint density at radius 1 is 1.08 bits per heavy atom. The SMILES string of the molecule is C[C@@H]1CN(Cc2ccccc2)CC[C@H]1n1c(=O)[nH]c2ccccc21. The van der Waals surface area contributed by atoms with Gasteiger partial charge >= 0.3 is 5.69 Å². The summed E-state index contributed by atoms with van der Waals surface area (Å²) in [7, 11) is 0. The van der Waals surface area contributed by atoms with Gasteiger partial charge in [-0.25, -0.2) is 4.79 Å². The van der Waals surface area contributed by atoms with Gasteiger partial charge in [0.1, 0.15) is 0 Å². The van der Waals surface area contributed by atoms with Crippen molar-refractivity contribution in [2.45, 2.75) is 25.9 Å². The van der Waals surface area contributed by atoms with Crippen LogP contribution in [0.1, 0.15) is 24.9 Å². The fraction of sp³-hybridized carbons (Fsp3) is 0.350. The van der Waals surface area contributed by atoms with Crippen molar-refractivity contribution >= 4 is 11.0 Å². The molecule has 1 aromatic heterocycles. The summed E-state index contributed by atoms with van der Waals surface area (Å²) in [5, 5.41) is 0. The summed E-state index contributed by atoms with van der Waals surface area (Å²) < 4.78 is 1.97. The van der Waals surface area contributed by atoms with Gasteiger partial charge in [0.15, 0.2) is 0 Å². The van der Waals surface area contributed by atoms with Gasteiger partial charge in [-0.15, -0.1) is 0 Å². The van der Waals surface area contributed by atoms with Crippen molar-refractivity contribution < 1.29 is 0 Å². The first kappa shape index (κ1) is 15.2. The molecule has 2 heterocycles. The number of hydrogen-bond acceptors (Lipinski definition) is 2. The lowest BCUT2D eigenvalue weighted by atomic mass is 9.93. The number of nitrogens with zero attached hydrogens (tertiary/aromatic N) is 2. The highest BCUT2D eigenvalue weighted by molar-refractivity contribution is 5.75. The van der Waals surface area contributed by atoms with Gasteiger partial charge in [0.05, 0.1) is 11.0 Å². The largest absolute Gasteiger partial charge is 0.326 e. The van der Waals surface area contributed by atoms with Crippen molar-refractivity contribution in [2.75, 3.05) is 13.1 Å². The van der Waals surface area contributed by atoms with Gasteiger partial charge in [0.25, 0.3) is 0 Å². The molecule has 0 amide bonds. The second-order valence-corrected chi connectivity index (χ2v) is 6.87. The van der Waals surface area contributed by atoms with Crippen LogP contribution in [-0.2, 0) is 6.54 Å². The Balaban J connectivity index is 1.54. The van der Waals surface area contributed by atoms with E-state index < -0.39 is 0 Å². The number of piperidine rings is 1. The summed E-state index contributed by atoms with van der Waals surface area (Å²) in [5.74, 6) is 0.444. The Bertz CT molecular complexity index is 881. The van der Waals surface area contributed by atoms with Crippen LogP contribution in [0.4, 0.5) is 0 Å². The molecule has 2 atom stereocenters. The van der Waals surface area contributed by atoms with Gasteiger partial charge in [-0.05, 0) is 30.0 Å². The van der Waals surface area contributed by atoms with Crippen molar-refractivity contribution in [3.8, 4) is 0 Å². The Kier molecular flexibility index (Phi) is 3.98. The molecular weight excluding hydrogens is 298 g/mol. The van der Waals surface area contributed by atoms with Gasteiger partial charge in [-0.2, -0.15) is 0 Å². The van der Waals surface area contributed by atoms with Crippen LogP contribution in [0, 0.1) is 5.92 Å². The van der Waals surface area contributed by atoms with Crippen LogP contribution >= 0.6 is 0 Å². The number of para-hydroxylation sites is 2. The monoisotopic (exact) mass is 321 g/mol. The summed E-state index contributed by atoms with van der Waals surface area (Å²) in [4.78, 5) is 17.9. The third kappa shape index (κ3) is 2.78. The van der Waals surface area contributed by atoms with E-state index in [2.05, 4.69) is 47.1 Å². The van der Waals surface area contributed by atoms with Crippen LogP contribution in [-0.4, -0.2) is 27.5 Å². The van der Waals surface area contributed by atoms with Gasteiger partial charge in [0, 0.05) is 25.7 Å². The molecule has 4 nitrogen and oxygen atoms in total. The molecule has 3 aromatic rings. The zero-order valence-electron chi connectivity index (χ0n) is 14.0. The second kappa shape index (κ2) is 6.29. The second-order valence-electron chi connectivity index (χ2n) is 6.87. The van der Waals surface area contributed by atoms with Gasteiger partial charge < -0.3 is 4.98 Å². The highest BCUT2D eigenvalue weighted by atomic mass is 16.1. The highest BCUT2D eigenvalue weighted by Crippen LogP contribution is 2.30. The molecular formula is C20H23N3O. The zero-order chi connectivity index (χ0) is 16.5. The van der Waals surface area contributed by atoms with Crippen LogP contribution in [0.2, 0.25) is 0 Å². The number of imidazole rings is 1. The Morgan fingerprint density at radius 2 is 1.83 bits per heavy atom. The molecule has 0 bridgehead atoms. The lowest BCUT2D eigenvalue weighted by molar-refractivity contribution is 0.127. The van der Waals surface area contributed by atoms with E-state index in [0.717, 1.165) is 37.1 Å². The molecule has 1 fully saturated rings. The number of nitrogens with one attached hydrogen (secondary N) is 1. The van der Waals surface area contributed by atoms with E-state index in [1.165, 1.54) is 5.56 Å². The van der Waals surface area contributed by atoms with E-state index in [0.29, 0.717) is 5.92 Å². The molecule has 1 N–H and O–H groups in total. The number of aromatic nitrogens is 2. The summed E-state index contributed by atoms with van der Waals surface area (Å²) in [6.07, 6.45) is 1.01. The topological polar surface area (TPSA) is 41.0 Å². The lowest BCUT2D eigenvalue weighted by Crippen LogP contribution is -2.41. The fourth-order valence-electron chi connectivity index (χ4n) is 3.99.